The van der Waals surface area contributed by atoms with Crippen LogP contribution in [0.1, 0.15) is 49.3 Å². The van der Waals surface area contributed by atoms with E-state index < -0.39 is 0 Å². The second-order valence-electron chi connectivity index (χ2n) is 7.21. The third-order valence-corrected chi connectivity index (χ3v) is 5.76. The van der Waals surface area contributed by atoms with Gasteiger partial charge in [0.15, 0.2) is 0 Å². The summed E-state index contributed by atoms with van der Waals surface area (Å²) in [4.78, 5) is 15.4. The minimum atomic E-state index is 0.221. The lowest BCUT2D eigenvalue weighted by molar-refractivity contribution is -0.134. The molecule has 0 amide bonds. The Morgan fingerprint density at radius 2 is 1.54 bits per heavy atom. The van der Waals surface area contributed by atoms with Gasteiger partial charge in [-0.15, -0.1) is 0 Å². The van der Waals surface area contributed by atoms with Crippen molar-refractivity contribution < 1.29 is 4.79 Å². The molecule has 2 aromatic rings. The largest absolute Gasteiger partial charge is 0.299 e. The number of hydrogen-bond acceptors (Lipinski definition) is 2. The first kappa shape index (κ1) is 15.6. The Kier molecular flexibility index (Phi) is 4.48. The third-order valence-electron chi connectivity index (χ3n) is 5.76. The fourth-order valence-corrected chi connectivity index (χ4v) is 4.58. The lowest BCUT2D eigenvalue weighted by atomic mass is 9.74. The first-order chi connectivity index (χ1) is 11.8. The summed E-state index contributed by atoms with van der Waals surface area (Å²) in [7, 11) is 0. The number of piperidine rings is 1. The number of likely N-dealkylation sites (tertiary alicyclic amines) is 1. The number of carbonyl (C=O) groups excluding carboxylic acids is 1. The molecular weight excluding hydrogens is 294 g/mol. The quantitative estimate of drug-likeness (QED) is 0.813. The predicted molar refractivity (Wildman–Crippen MR) is 96.5 cm³/mol. The summed E-state index contributed by atoms with van der Waals surface area (Å²) in [6.45, 7) is 0.939. The molecule has 2 aliphatic rings. The summed E-state index contributed by atoms with van der Waals surface area (Å²) in [5.41, 5.74) is 2.63. The molecule has 1 saturated heterocycles. The van der Waals surface area contributed by atoms with Crippen LogP contribution < -0.4 is 0 Å². The van der Waals surface area contributed by atoms with E-state index in [0.29, 0.717) is 18.2 Å². The molecule has 1 saturated carbocycles. The van der Waals surface area contributed by atoms with Crippen LogP contribution in [0.15, 0.2) is 60.7 Å². The van der Waals surface area contributed by atoms with Crippen LogP contribution in [0.5, 0.6) is 0 Å². The topological polar surface area (TPSA) is 20.3 Å². The van der Waals surface area contributed by atoms with E-state index in [4.69, 9.17) is 0 Å². The predicted octanol–water partition coefficient (Wildman–Crippen LogP) is 4.76. The van der Waals surface area contributed by atoms with Crippen LogP contribution in [0, 0.1) is 5.92 Å². The standard InChI is InChI=1S/C22H25NO/c24-22-15-21(18-11-5-2-6-12-18)23(16-17-9-3-1-4-10-17)20-14-8-7-13-19(20)22/h1-6,9-12,19-21H,7-8,13-16H2/t19-,20+,21+/m1/s1. The highest BCUT2D eigenvalue weighted by Gasteiger charge is 2.43. The summed E-state index contributed by atoms with van der Waals surface area (Å²) in [5, 5.41) is 0. The van der Waals surface area contributed by atoms with Crippen LogP contribution in [0.25, 0.3) is 0 Å². The molecule has 4 rings (SSSR count). The van der Waals surface area contributed by atoms with Crippen molar-refractivity contribution in [2.24, 2.45) is 5.92 Å². The van der Waals surface area contributed by atoms with Crippen LogP contribution >= 0.6 is 0 Å². The van der Waals surface area contributed by atoms with Crippen molar-refractivity contribution in [2.45, 2.75) is 50.7 Å². The van der Waals surface area contributed by atoms with Crippen molar-refractivity contribution in [3.05, 3.63) is 71.8 Å². The fraction of sp³-hybridized carbons (Fsp3) is 0.409. The Morgan fingerprint density at radius 1 is 0.875 bits per heavy atom. The Bertz CT molecular complexity index is 682. The third kappa shape index (κ3) is 3.03. The molecule has 1 aliphatic heterocycles. The van der Waals surface area contributed by atoms with Gasteiger partial charge >= 0.3 is 0 Å². The summed E-state index contributed by atoms with van der Waals surface area (Å²) in [6.07, 6.45) is 5.37. The van der Waals surface area contributed by atoms with E-state index in [1.54, 1.807) is 0 Å². The molecule has 0 bridgehead atoms. The molecular formula is C22H25NO. The van der Waals surface area contributed by atoms with E-state index in [9.17, 15) is 4.79 Å². The zero-order chi connectivity index (χ0) is 16.4. The molecule has 2 nitrogen and oxygen atoms in total. The molecule has 124 valence electrons. The Balaban J connectivity index is 1.68. The monoisotopic (exact) mass is 319 g/mol. The highest BCUT2D eigenvalue weighted by Crippen LogP contribution is 2.42. The SMILES string of the molecule is O=C1C[C@@H](c2ccccc2)N(Cc2ccccc2)[C@H]2CCCC[C@@H]12. The number of benzene rings is 2. The molecule has 1 aliphatic carbocycles. The van der Waals surface area contributed by atoms with E-state index in [1.807, 2.05) is 0 Å². The highest BCUT2D eigenvalue weighted by molar-refractivity contribution is 5.83. The number of rotatable bonds is 3. The molecule has 2 aromatic carbocycles. The molecule has 0 aromatic heterocycles. The summed E-state index contributed by atoms with van der Waals surface area (Å²) < 4.78 is 0. The number of Topliss-reactive ketones (excluding diaryl/α,β-unsaturated/α-hetero) is 1. The summed E-state index contributed by atoms with van der Waals surface area (Å²) in [6, 6.07) is 21.9. The number of carbonyl (C=O) groups is 1. The minimum Gasteiger partial charge on any atom is -0.299 e. The van der Waals surface area contributed by atoms with E-state index in [0.717, 1.165) is 19.4 Å². The maximum atomic E-state index is 12.8. The van der Waals surface area contributed by atoms with Gasteiger partial charge in [0.2, 0.25) is 0 Å². The Labute approximate surface area is 144 Å². The van der Waals surface area contributed by atoms with Gasteiger partial charge in [0.25, 0.3) is 0 Å². The number of ketones is 1. The van der Waals surface area contributed by atoms with Gasteiger partial charge in [-0.1, -0.05) is 73.5 Å². The molecule has 0 N–H and O–H groups in total. The van der Waals surface area contributed by atoms with E-state index >= 15 is 0 Å². The van der Waals surface area contributed by atoms with Gasteiger partial charge in [0.05, 0.1) is 0 Å². The molecule has 0 radical (unpaired) electrons. The fourth-order valence-electron chi connectivity index (χ4n) is 4.58. The van der Waals surface area contributed by atoms with Gasteiger partial charge < -0.3 is 0 Å². The lowest BCUT2D eigenvalue weighted by Gasteiger charge is -2.48. The smallest absolute Gasteiger partial charge is 0.139 e. The van der Waals surface area contributed by atoms with Gasteiger partial charge in [0, 0.05) is 31.0 Å². The molecule has 1 heterocycles. The first-order valence-electron chi connectivity index (χ1n) is 9.20. The van der Waals surface area contributed by atoms with Crippen molar-refractivity contribution in [3.8, 4) is 0 Å². The van der Waals surface area contributed by atoms with Crippen molar-refractivity contribution in [3.63, 3.8) is 0 Å². The number of hydrogen-bond donors (Lipinski definition) is 0. The molecule has 24 heavy (non-hydrogen) atoms. The van der Waals surface area contributed by atoms with Crippen molar-refractivity contribution in [2.75, 3.05) is 0 Å². The normalized spacial score (nSPS) is 27.7. The van der Waals surface area contributed by atoms with Gasteiger partial charge in [-0.3, -0.25) is 9.69 Å². The molecule has 0 unspecified atom stereocenters. The summed E-state index contributed by atoms with van der Waals surface area (Å²) >= 11 is 0. The van der Waals surface area contributed by atoms with Crippen molar-refractivity contribution in [1.29, 1.82) is 0 Å². The average Bonchev–Trinajstić information content (AvgIpc) is 2.65. The highest BCUT2D eigenvalue weighted by atomic mass is 16.1. The van der Waals surface area contributed by atoms with E-state index in [2.05, 4.69) is 65.6 Å². The molecule has 3 atom stereocenters. The van der Waals surface area contributed by atoms with Gasteiger partial charge in [-0.25, -0.2) is 0 Å². The van der Waals surface area contributed by atoms with Crippen molar-refractivity contribution >= 4 is 5.78 Å². The maximum Gasteiger partial charge on any atom is 0.139 e. The average molecular weight is 319 g/mol. The minimum absolute atomic E-state index is 0.221. The van der Waals surface area contributed by atoms with E-state index in [-0.39, 0.29) is 12.0 Å². The van der Waals surface area contributed by atoms with Crippen LogP contribution in [0.4, 0.5) is 0 Å². The van der Waals surface area contributed by atoms with Crippen molar-refractivity contribution in [1.82, 2.24) is 4.90 Å². The molecule has 2 fully saturated rings. The van der Waals surface area contributed by atoms with E-state index in [1.165, 1.54) is 24.0 Å². The number of fused-ring (bicyclic) bond motifs is 1. The van der Waals surface area contributed by atoms with Crippen LogP contribution in [0.2, 0.25) is 0 Å². The molecule has 2 heteroatoms. The maximum absolute atomic E-state index is 12.8. The Morgan fingerprint density at radius 3 is 2.29 bits per heavy atom. The first-order valence-corrected chi connectivity index (χ1v) is 9.20. The molecule has 0 spiro atoms. The van der Waals surface area contributed by atoms with Gasteiger partial charge in [-0.2, -0.15) is 0 Å². The zero-order valence-corrected chi connectivity index (χ0v) is 14.1. The lowest BCUT2D eigenvalue weighted by Crippen LogP contribution is -2.51. The van der Waals surface area contributed by atoms with Gasteiger partial charge in [-0.05, 0) is 24.0 Å². The summed E-state index contributed by atoms with van der Waals surface area (Å²) in [5.74, 6) is 0.736. The van der Waals surface area contributed by atoms with Gasteiger partial charge in [0.1, 0.15) is 5.78 Å². The second kappa shape index (κ2) is 6.90. The van der Waals surface area contributed by atoms with Crippen LogP contribution in [0.3, 0.4) is 0 Å². The number of nitrogens with zero attached hydrogens (tertiary/aromatic N) is 1. The van der Waals surface area contributed by atoms with Crippen LogP contribution in [-0.4, -0.2) is 16.7 Å². The van der Waals surface area contributed by atoms with Crippen LogP contribution in [-0.2, 0) is 11.3 Å². The second-order valence-corrected chi connectivity index (χ2v) is 7.21. The Hall–Kier alpha value is -1.93. The zero-order valence-electron chi connectivity index (χ0n) is 14.1.